The fourth-order valence-electron chi connectivity index (χ4n) is 7.02. The van der Waals surface area contributed by atoms with Gasteiger partial charge >= 0.3 is 6.18 Å². The highest BCUT2D eigenvalue weighted by Crippen LogP contribution is 2.40. The van der Waals surface area contributed by atoms with Gasteiger partial charge in [0, 0.05) is 37.3 Å². The van der Waals surface area contributed by atoms with Crippen molar-refractivity contribution in [1.82, 2.24) is 14.8 Å². The number of halogens is 5. The van der Waals surface area contributed by atoms with Gasteiger partial charge in [-0.2, -0.15) is 13.2 Å². The highest BCUT2D eigenvalue weighted by molar-refractivity contribution is 7.13. The molecule has 264 valence electrons. The van der Waals surface area contributed by atoms with E-state index in [2.05, 4.69) is 18.4 Å². The molecular formula is C39H41F5N4OS. The second-order valence-electron chi connectivity index (χ2n) is 13.1. The van der Waals surface area contributed by atoms with Crippen molar-refractivity contribution >= 4 is 28.6 Å². The zero-order valence-electron chi connectivity index (χ0n) is 28.3. The number of allylic oxidation sites excluding steroid dienone is 7. The van der Waals surface area contributed by atoms with Crippen molar-refractivity contribution in [3.63, 3.8) is 0 Å². The van der Waals surface area contributed by atoms with E-state index in [0.29, 0.717) is 18.8 Å². The number of benzene rings is 2. The van der Waals surface area contributed by atoms with E-state index in [-0.39, 0.29) is 42.8 Å². The van der Waals surface area contributed by atoms with Crippen LogP contribution in [0.5, 0.6) is 0 Å². The van der Waals surface area contributed by atoms with Crippen molar-refractivity contribution in [2.75, 3.05) is 31.1 Å². The van der Waals surface area contributed by atoms with Crippen molar-refractivity contribution in [2.45, 2.75) is 70.6 Å². The van der Waals surface area contributed by atoms with Crippen LogP contribution in [0.1, 0.15) is 65.1 Å². The lowest BCUT2D eigenvalue weighted by Crippen LogP contribution is -2.50. The third-order valence-corrected chi connectivity index (χ3v) is 10.9. The number of aromatic nitrogens is 1. The molecule has 11 heteroatoms. The van der Waals surface area contributed by atoms with E-state index >= 15 is 0 Å². The van der Waals surface area contributed by atoms with Crippen LogP contribution in [-0.2, 0) is 17.8 Å². The van der Waals surface area contributed by atoms with E-state index in [1.54, 1.807) is 12.1 Å². The molecule has 3 heterocycles. The molecule has 50 heavy (non-hydrogen) atoms. The summed E-state index contributed by atoms with van der Waals surface area (Å²) in [6.07, 6.45) is 4.08. The molecule has 3 aliphatic rings. The van der Waals surface area contributed by atoms with Crippen LogP contribution < -0.4 is 4.90 Å². The number of piperidine rings is 1. The lowest BCUT2D eigenvalue weighted by molar-refractivity contribution is -0.133. The zero-order chi connectivity index (χ0) is 35.6. The van der Waals surface area contributed by atoms with Gasteiger partial charge in [-0.25, -0.2) is 13.8 Å². The Morgan fingerprint density at radius 2 is 1.82 bits per heavy atom. The second kappa shape index (κ2) is 15.0. The molecule has 1 saturated heterocycles. The predicted octanol–water partition coefficient (Wildman–Crippen LogP) is 9.12. The third kappa shape index (κ3) is 7.94. The van der Waals surface area contributed by atoms with Crippen molar-refractivity contribution in [1.29, 1.82) is 0 Å². The van der Waals surface area contributed by atoms with Crippen molar-refractivity contribution < 1.29 is 26.7 Å². The highest BCUT2D eigenvalue weighted by atomic mass is 32.1. The summed E-state index contributed by atoms with van der Waals surface area (Å²) in [5.41, 5.74) is 3.02. The number of hydrogen-bond acceptors (Lipinski definition) is 5. The molecule has 0 radical (unpaired) electrons. The first kappa shape index (κ1) is 35.7. The Morgan fingerprint density at radius 3 is 2.48 bits per heavy atom. The molecule has 1 aromatic heterocycles. The van der Waals surface area contributed by atoms with Gasteiger partial charge in [0.05, 0.1) is 15.5 Å². The molecule has 1 unspecified atom stereocenters. The average Bonchev–Trinajstić information content (AvgIpc) is 3.51. The first-order valence-electron chi connectivity index (χ1n) is 17.0. The molecule has 0 spiro atoms. The molecule has 1 fully saturated rings. The number of fused-ring (bicyclic) bond motifs is 1. The van der Waals surface area contributed by atoms with Crippen molar-refractivity contribution in [2.24, 2.45) is 0 Å². The Morgan fingerprint density at radius 1 is 1.08 bits per heavy atom. The number of carbonyl (C=O) groups is 1. The van der Waals surface area contributed by atoms with Crippen LogP contribution in [0.3, 0.4) is 0 Å². The van der Waals surface area contributed by atoms with Crippen LogP contribution >= 0.6 is 11.3 Å². The number of amides is 1. The number of carbonyl (C=O) groups excluding carboxylic acids is 1. The number of hydrogen-bond donors (Lipinski definition) is 0. The molecule has 0 N–H and O–H groups in total. The normalized spacial score (nSPS) is 18.6. The van der Waals surface area contributed by atoms with Crippen LogP contribution in [0.15, 0.2) is 84.6 Å². The lowest BCUT2D eigenvalue weighted by Gasteiger charge is -2.40. The van der Waals surface area contributed by atoms with Gasteiger partial charge in [-0.1, -0.05) is 68.1 Å². The summed E-state index contributed by atoms with van der Waals surface area (Å²) in [4.78, 5) is 26.4. The SMILES string of the molecule is C=C1C=C(CCc2cccc(F)c2F)N(CC(=O)N(Cc2ccc(C3C=CC(C(F)(F)F)=CC3)cc2)C2CCN(CC)CC2)c2nc(C)sc21. The Labute approximate surface area is 294 Å². The van der Waals surface area contributed by atoms with E-state index in [0.717, 1.165) is 76.9 Å². The maximum atomic E-state index is 14.6. The van der Waals surface area contributed by atoms with Gasteiger partial charge in [0.1, 0.15) is 6.54 Å². The maximum Gasteiger partial charge on any atom is 0.416 e. The van der Waals surface area contributed by atoms with E-state index in [4.69, 9.17) is 4.98 Å². The number of thiazole rings is 1. The molecule has 0 saturated carbocycles. The molecular weight excluding hydrogens is 668 g/mol. The third-order valence-electron chi connectivity index (χ3n) is 9.88. The smallest absolute Gasteiger partial charge is 0.334 e. The molecule has 1 amide bonds. The molecule has 1 aliphatic carbocycles. The molecule has 5 nitrogen and oxygen atoms in total. The predicted molar refractivity (Wildman–Crippen MR) is 189 cm³/mol. The van der Waals surface area contributed by atoms with Gasteiger partial charge in [-0.05, 0) is 80.0 Å². The molecule has 3 aromatic rings. The fourth-order valence-corrected chi connectivity index (χ4v) is 7.88. The Kier molecular flexibility index (Phi) is 10.7. The monoisotopic (exact) mass is 708 g/mol. The highest BCUT2D eigenvalue weighted by Gasteiger charge is 2.34. The minimum atomic E-state index is -4.35. The molecule has 2 aromatic carbocycles. The zero-order valence-corrected chi connectivity index (χ0v) is 29.1. The van der Waals surface area contributed by atoms with Gasteiger partial charge in [0.15, 0.2) is 17.5 Å². The second-order valence-corrected chi connectivity index (χ2v) is 14.3. The van der Waals surface area contributed by atoms with Crippen LogP contribution in [0.4, 0.5) is 27.8 Å². The van der Waals surface area contributed by atoms with Crippen LogP contribution in [0, 0.1) is 18.6 Å². The van der Waals surface area contributed by atoms with Crippen LogP contribution in [0.2, 0.25) is 0 Å². The quantitative estimate of drug-likeness (QED) is 0.197. The van der Waals surface area contributed by atoms with Gasteiger partial charge in [0.2, 0.25) is 5.91 Å². The molecule has 0 bridgehead atoms. The van der Waals surface area contributed by atoms with Crippen LogP contribution in [0.25, 0.3) is 5.57 Å². The summed E-state index contributed by atoms with van der Waals surface area (Å²) in [5.74, 6) is -1.34. The van der Waals surface area contributed by atoms with Gasteiger partial charge in [0.25, 0.3) is 0 Å². The van der Waals surface area contributed by atoms with E-state index < -0.39 is 23.4 Å². The fraction of sp³-hybridized carbons (Fsp3) is 0.385. The van der Waals surface area contributed by atoms with Crippen LogP contribution in [-0.4, -0.2) is 59.1 Å². The first-order chi connectivity index (χ1) is 23.9. The minimum Gasteiger partial charge on any atom is -0.334 e. The molecule has 6 rings (SSSR count). The largest absolute Gasteiger partial charge is 0.416 e. The van der Waals surface area contributed by atoms with E-state index in [1.165, 1.54) is 23.5 Å². The topological polar surface area (TPSA) is 39.7 Å². The number of rotatable bonds is 10. The number of anilines is 1. The summed E-state index contributed by atoms with van der Waals surface area (Å²) in [6.45, 7) is 11.4. The number of alkyl halides is 3. The standard InChI is InChI=1S/C39H41F5N4OS/c1-4-46-20-18-32(19-21-46)47(23-27-8-10-28(11-9-27)29-12-15-31(16-13-29)39(42,43)44)35(49)24-48-33(17-14-30-6-5-7-34(40)36(30)41)22-25(2)37-38(48)45-26(3)50-37/h5-12,15-16,22,29,32H,2,4,13-14,17-21,23-24H2,1,3H3. The van der Waals surface area contributed by atoms with Gasteiger partial charge in [-0.15, -0.1) is 11.3 Å². The summed E-state index contributed by atoms with van der Waals surface area (Å²) in [5, 5.41) is 0.834. The Balaban J connectivity index is 1.23. The summed E-state index contributed by atoms with van der Waals surface area (Å²) in [6, 6.07) is 12.0. The summed E-state index contributed by atoms with van der Waals surface area (Å²) >= 11 is 1.51. The number of likely N-dealkylation sites (tertiary alicyclic amines) is 1. The van der Waals surface area contributed by atoms with E-state index in [9.17, 15) is 26.7 Å². The van der Waals surface area contributed by atoms with Crippen molar-refractivity contribution in [3.05, 3.63) is 123 Å². The molecule has 2 aliphatic heterocycles. The number of nitrogens with zero attached hydrogens (tertiary/aromatic N) is 4. The van der Waals surface area contributed by atoms with Crippen molar-refractivity contribution in [3.8, 4) is 0 Å². The number of aryl methyl sites for hydroxylation is 2. The van der Waals surface area contributed by atoms with E-state index in [1.807, 2.05) is 47.1 Å². The average molecular weight is 709 g/mol. The summed E-state index contributed by atoms with van der Waals surface area (Å²) in [7, 11) is 0. The lowest BCUT2D eigenvalue weighted by atomic mass is 9.89. The maximum absolute atomic E-state index is 14.6. The van der Waals surface area contributed by atoms with Gasteiger partial charge < -0.3 is 14.7 Å². The Hall–Kier alpha value is -4.09. The molecule has 1 atom stereocenters. The first-order valence-corrected chi connectivity index (χ1v) is 17.9. The Bertz CT molecular complexity index is 1820. The summed E-state index contributed by atoms with van der Waals surface area (Å²) < 4.78 is 67.9. The minimum absolute atomic E-state index is 0.0161. The van der Waals surface area contributed by atoms with Gasteiger partial charge in [-0.3, -0.25) is 4.79 Å².